The number of benzene rings is 1. The second-order valence-corrected chi connectivity index (χ2v) is 8.88. The quantitative estimate of drug-likeness (QED) is 0.401. The van der Waals surface area contributed by atoms with Crippen molar-refractivity contribution < 1.29 is 28.3 Å². The first-order valence-electron chi connectivity index (χ1n) is 10.7. The number of amides is 3. The predicted octanol–water partition coefficient (Wildman–Crippen LogP) is 2.45. The predicted molar refractivity (Wildman–Crippen MR) is 125 cm³/mol. The first kappa shape index (κ1) is 23.2. The molecule has 3 aromatic rings. The van der Waals surface area contributed by atoms with Gasteiger partial charge in [-0.25, -0.2) is 4.79 Å². The molecule has 0 aliphatic heterocycles. The first-order valence-corrected chi connectivity index (χ1v) is 11.5. The van der Waals surface area contributed by atoms with Gasteiger partial charge in [0.1, 0.15) is 11.0 Å². The number of ether oxygens (including phenoxy) is 1. The van der Waals surface area contributed by atoms with Crippen LogP contribution in [0, 0.1) is 0 Å². The molecule has 176 valence electrons. The number of carbonyl (C=O) groups excluding carboxylic acids is 4. The van der Waals surface area contributed by atoms with Crippen LogP contribution < -0.4 is 16.4 Å². The number of hydrogen-bond acceptors (Lipinski definition) is 7. The number of rotatable bonds is 9. The summed E-state index contributed by atoms with van der Waals surface area (Å²) in [4.78, 5) is 50.6. The second-order valence-electron chi connectivity index (χ2n) is 7.77. The largest absolute Gasteiger partial charge is 0.459 e. The molecule has 0 saturated heterocycles. The molecule has 1 aliphatic carbocycles. The van der Waals surface area contributed by atoms with Crippen molar-refractivity contribution in [3.8, 4) is 0 Å². The minimum atomic E-state index is -1.04. The van der Waals surface area contributed by atoms with Crippen LogP contribution in [-0.4, -0.2) is 36.3 Å². The van der Waals surface area contributed by atoms with Crippen LogP contribution >= 0.6 is 11.3 Å². The van der Waals surface area contributed by atoms with Crippen molar-refractivity contribution in [2.24, 2.45) is 5.73 Å². The maximum atomic E-state index is 12.8. The molecule has 1 atom stereocenters. The molecule has 0 fully saturated rings. The van der Waals surface area contributed by atoms with Gasteiger partial charge < -0.3 is 25.5 Å². The highest BCUT2D eigenvalue weighted by Gasteiger charge is 2.28. The Bertz CT molecular complexity index is 1200. The highest BCUT2D eigenvalue weighted by atomic mass is 32.1. The smallest absolute Gasteiger partial charge is 0.329 e. The monoisotopic (exact) mass is 481 g/mol. The van der Waals surface area contributed by atoms with Crippen LogP contribution in [0.4, 0.5) is 5.00 Å². The molecule has 0 bridgehead atoms. The molecule has 4 rings (SSSR count). The Morgan fingerprint density at radius 2 is 1.88 bits per heavy atom. The third kappa shape index (κ3) is 5.34. The Balaban J connectivity index is 1.40. The minimum absolute atomic E-state index is 0.0494. The molecule has 0 spiro atoms. The molecular weight excluding hydrogens is 458 g/mol. The zero-order valence-electron chi connectivity index (χ0n) is 18.2. The fourth-order valence-electron chi connectivity index (χ4n) is 3.83. The van der Waals surface area contributed by atoms with Crippen LogP contribution in [0.3, 0.4) is 0 Å². The lowest BCUT2D eigenvalue weighted by atomic mass is 10.1. The fraction of sp³-hybridized carbons (Fsp3) is 0.250. The van der Waals surface area contributed by atoms with E-state index in [4.69, 9.17) is 14.9 Å². The Hall–Kier alpha value is -3.92. The Morgan fingerprint density at radius 1 is 1.09 bits per heavy atom. The number of anilines is 1. The standard InChI is InChI=1S/C24H23N3O6S/c25-21(29)20-15-8-4-10-18(15)34-23(20)27-19(28)13-33-24(31)16(12-14-6-2-1-3-7-14)26-22(30)17-9-5-11-32-17/h1-3,5-7,9,11,16H,4,8,10,12-13H2,(H2,25,29)(H,26,30)(H,27,28)/t16-/m1/s1. The van der Waals surface area contributed by atoms with Crippen LogP contribution in [0.5, 0.6) is 0 Å². The molecule has 10 heteroatoms. The summed E-state index contributed by atoms with van der Waals surface area (Å²) in [6.07, 6.45) is 4.04. The van der Waals surface area contributed by atoms with Gasteiger partial charge >= 0.3 is 5.97 Å². The van der Waals surface area contributed by atoms with Gasteiger partial charge in [0.25, 0.3) is 17.7 Å². The van der Waals surface area contributed by atoms with Crippen LogP contribution in [0.1, 0.15) is 43.3 Å². The van der Waals surface area contributed by atoms with Crippen LogP contribution in [0.25, 0.3) is 0 Å². The summed E-state index contributed by atoms with van der Waals surface area (Å²) in [6.45, 7) is -0.582. The van der Waals surface area contributed by atoms with E-state index in [2.05, 4.69) is 10.6 Å². The molecule has 0 saturated carbocycles. The molecule has 0 unspecified atom stereocenters. The number of furan rings is 1. The number of hydrogen-bond donors (Lipinski definition) is 3. The topological polar surface area (TPSA) is 141 Å². The van der Waals surface area contributed by atoms with Crippen LogP contribution in [0.2, 0.25) is 0 Å². The normalized spacial score (nSPS) is 13.1. The van der Waals surface area contributed by atoms with E-state index >= 15 is 0 Å². The molecule has 0 radical (unpaired) electrons. The Morgan fingerprint density at radius 3 is 2.59 bits per heavy atom. The van der Waals surface area contributed by atoms with E-state index in [9.17, 15) is 19.2 Å². The summed E-state index contributed by atoms with van der Waals surface area (Å²) in [6, 6.07) is 11.1. The SMILES string of the molecule is NC(=O)c1c(NC(=O)COC(=O)[C@@H](Cc2ccccc2)NC(=O)c2ccco2)sc2c1CCC2. The maximum absolute atomic E-state index is 12.8. The van der Waals surface area contributed by atoms with E-state index < -0.39 is 36.3 Å². The third-order valence-electron chi connectivity index (χ3n) is 5.38. The fourth-order valence-corrected chi connectivity index (χ4v) is 5.14. The average Bonchev–Trinajstić information content (AvgIpc) is 3.55. The molecular formula is C24H23N3O6S. The van der Waals surface area contributed by atoms with E-state index in [0.29, 0.717) is 10.6 Å². The van der Waals surface area contributed by atoms with Gasteiger partial charge in [-0.3, -0.25) is 14.4 Å². The summed E-state index contributed by atoms with van der Waals surface area (Å²) in [5, 5.41) is 5.59. The molecule has 9 nitrogen and oxygen atoms in total. The molecule has 3 amide bonds. The zero-order chi connectivity index (χ0) is 24.1. The molecule has 4 N–H and O–H groups in total. The number of primary amides is 1. The van der Waals surface area contributed by atoms with Gasteiger partial charge in [-0.2, -0.15) is 0 Å². The summed E-state index contributed by atoms with van der Waals surface area (Å²) >= 11 is 1.31. The van der Waals surface area contributed by atoms with Gasteiger partial charge in [0.2, 0.25) is 0 Å². The number of nitrogens with two attached hydrogens (primary N) is 1. The summed E-state index contributed by atoms with van der Waals surface area (Å²) in [5.74, 6) is -2.51. The molecule has 1 aliphatic rings. The van der Waals surface area contributed by atoms with Crippen molar-refractivity contribution in [3.63, 3.8) is 0 Å². The van der Waals surface area contributed by atoms with E-state index in [1.54, 1.807) is 6.07 Å². The molecule has 2 heterocycles. The van der Waals surface area contributed by atoms with Crippen molar-refractivity contribution in [1.29, 1.82) is 0 Å². The van der Waals surface area contributed by atoms with Crippen molar-refractivity contribution in [3.05, 3.63) is 76.1 Å². The lowest BCUT2D eigenvalue weighted by Crippen LogP contribution is -2.44. The minimum Gasteiger partial charge on any atom is -0.459 e. The van der Waals surface area contributed by atoms with E-state index in [1.807, 2.05) is 30.3 Å². The average molecular weight is 482 g/mol. The molecule has 34 heavy (non-hydrogen) atoms. The third-order valence-corrected chi connectivity index (χ3v) is 6.59. The lowest BCUT2D eigenvalue weighted by Gasteiger charge is -2.17. The Kier molecular flexibility index (Phi) is 7.07. The first-order chi connectivity index (χ1) is 16.4. The summed E-state index contributed by atoms with van der Waals surface area (Å²) in [5.41, 5.74) is 7.52. The number of carbonyl (C=O) groups is 4. The Labute approximate surface area is 199 Å². The van der Waals surface area contributed by atoms with Crippen LogP contribution in [-0.2, 0) is 33.6 Å². The number of thiophene rings is 1. The van der Waals surface area contributed by atoms with Crippen LogP contribution in [0.15, 0.2) is 53.1 Å². The van der Waals surface area contributed by atoms with Gasteiger partial charge in [-0.1, -0.05) is 30.3 Å². The van der Waals surface area contributed by atoms with Crippen molar-refractivity contribution in [1.82, 2.24) is 5.32 Å². The summed E-state index contributed by atoms with van der Waals surface area (Å²) in [7, 11) is 0. The van der Waals surface area contributed by atoms with Crippen molar-refractivity contribution in [2.75, 3.05) is 11.9 Å². The van der Waals surface area contributed by atoms with Crippen molar-refractivity contribution in [2.45, 2.75) is 31.7 Å². The number of fused-ring (bicyclic) bond motifs is 1. The van der Waals surface area contributed by atoms with E-state index in [1.165, 1.54) is 23.7 Å². The number of nitrogens with one attached hydrogen (secondary N) is 2. The van der Waals surface area contributed by atoms with Gasteiger partial charge in [0.15, 0.2) is 12.4 Å². The van der Waals surface area contributed by atoms with E-state index in [0.717, 1.165) is 35.3 Å². The zero-order valence-corrected chi connectivity index (χ0v) is 19.0. The number of esters is 1. The lowest BCUT2D eigenvalue weighted by molar-refractivity contribution is -0.149. The van der Waals surface area contributed by atoms with E-state index in [-0.39, 0.29) is 12.2 Å². The van der Waals surface area contributed by atoms with Gasteiger partial charge in [0, 0.05) is 11.3 Å². The van der Waals surface area contributed by atoms with Gasteiger partial charge in [0.05, 0.1) is 11.8 Å². The number of aryl methyl sites for hydroxylation is 1. The molecule has 1 aromatic carbocycles. The van der Waals surface area contributed by atoms with Crippen molar-refractivity contribution >= 4 is 40.0 Å². The van der Waals surface area contributed by atoms with Gasteiger partial charge in [-0.15, -0.1) is 11.3 Å². The second kappa shape index (κ2) is 10.3. The highest BCUT2D eigenvalue weighted by molar-refractivity contribution is 7.17. The van der Waals surface area contributed by atoms with Gasteiger partial charge in [-0.05, 0) is 42.5 Å². The highest BCUT2D eigenvalue weighted by Crippen LogP contribution is 2.38. The summed E-state index contributed by atoms with van der Waals surface area (Å²) < 4.78 is 10.3. The maximum Gasteiger partial charge on any atom is 0.329 e. The molecule has 2 aromatic heterocycles.